The molecule has 0 bridgehead atoms. The van der Waals surface area contributed by atoms with E-state index in [1.54, 1.807) is 0 Å². The lowest BCUT2D eigenvalue weighted by Crippen LogP contribution is -2.35. The molecule has 14 heavy (non-hydrogen) atoms. The van der Waals surface area contributed by atoms with Gasteiger partial charge in [-0.05, 0) is 38.1 Å². The van der Waals surface area contributed by atoms with Gasteiger partial charge in [0.15, 0.2) is 0 Å². The zero-order valence-electron chi connectivity index (χ0n) is 9.05. The second-order valence-corrected chi connectivity index (χ2v) is 5.60. The fourth-order valence-corrected chi connectivity index (χ4v) is 3.74. The third-order valence-corrected chi connectivity index (χ3v) is 4.64. The number of likely N-dealkylation sites (tertiary alicyclic amines) is 1. The zero-order valence-corrected chi connectivity index (χ0v) is 10.6. The van der Waals surface area contributed by atoms with Crippen molar-refractivity contribution in [3.63, 3.8) is 0 Å². The maximum absolute atomic E-state index is 3.64. The smallest absolute Gasteiger partial charge is 0.0193 e. The minimum atomic E-state index is 0.844. The van der Waals surface area contributed by atoms with E-state index in [2.05, 4.69) is 20.8 Å². The Morgan fingerprint density at radius 2 is 1.79 bits per heavy atom. The van der Waals surface area contributed by atoms with Crippen molar-refractivity contribution in [2.45, 2.75) is 51.0 Å². The summed E-state index contributed by atoms with van der Waals surface area (Å²) in [7, 11) is 0. The average molecular weight is 260 g/mol. The molecule has 0 aromatic heterocycles. The zero-order chi connectivity index (χ0) is 9.80. The van der Waals surface area contributed by atoms with Crippen LogP contribution in [0.5, 0.6) is 0 Å². The van der Waals surface area contributed by atoms with Gasteiger partial charge in [-0.3, -0.25) is 4.90 Å². The summed E-state index contributed by atoms with van der Waals surface area (Å²) < 4.78 is 0. The van der Waals surface area contributed by atoms with Gasteiger partial charge in [-0.15, -0.1) is 0 Å². The van der Waals surface area contributed by atoms with Crippen LogP contribution in [0, 0.1) is 5.92 Å². The molecule has 1 saturated carbocycles. The predicted octanol–water partition coefficient (Wildman–Crippen LogP) is 3.43. The van der Waals surface area contributed by atoms with Crippen LogP contribution in [-0.4, -0.2) is 29.4 Å². The maximum atomic E-state index is 3.64. The van der Waals surface area contributed by atoms with E-state index < -0.39 is 0 Å². The summed E-state index contributed by atoms with van der Waals surface area (Å²) in [6, 6.07) is 0.844. The highest BCUT2D eigenvalue weighted by Gasteiger charge is 2.26. The van der Waals surface area contributed by atoms with Crippen LogP contribution in [0.2, 0.25) is 0 Å². The van der Waals surface area contributed by atoms with Gasteiger partial charge in [-0.1, -0.05) is 35.2 Å². The standard InChI is InChI=1S/C12H22BrN/c13-9-12-7-4-8-14(12)10-11-5-2-1-3-6-11/h11-12H,1-10H2. The first-order valence-corrected chi connectivity index (χ1v) is 7.32. The van der Waals surface area contributed by atoms with Crippen molar-refractivity contribution in [2.24, 2.45) is 5.92 Å². The normalized spacial score (nSPS) is 31.1. The fourth-order valence-electron chi connectivity index (χ4n) is 3.01. The van der Waals surface area contributed by atoms with E-state index in [4.69, 9.17) is 0 Å². The van der Waals surface area contributed by atoms with Gasteiger partial charge < -0.3 is 0 Å². The Kier molecular flexibility index (Phi) is 4.30. The first-order chi connectivity index (χ1) is 6.90. The largest absolute Gasteiger partial charge is 0.299 e. The molecule has 2 heteroatoms. The van der Waals surface area contributed by atoms with Gasteiger partial charge in [0, 0.05) is 17.9 Å². The third kappa shape index (κ3) is 2.73. The Morgan fingerprint density at radius 3 is 2.50 bits per heavy atom. The molecule has 2 fully saturated rings. The molecule has 1 aliphatic carbocycles. The van der Waals surface area contributed by atoms with E-state index in [-0.39, 0.29) is 0 Å². The molecule has 82 valence electrons. The molecule has 1 aliphatic heterocycles. The predicted molar refractivity (Wildman–Crippen MR) is 65.0 cm³/mol. The topological polar surface area (TPSA) is 3.24 Å². The fraction of sp³-hybridized carbons (Fsp3) is 1.00. The quantitative estimate of drug-likeness (QED) is 0.703. The Morgan fingerprint density at radius 1 is 1.00 bits per heavy atom. The van der Waals surface area contributed by atoms with Crippen LogP contribution < -0.4 is 0 Å². The van der Waals surface area contributed by atoms with Crippen LogP contribution in [-0.2, 0) is 0 Å². The monoisotopic (exact) mass is 259 g/mol. The first-order valence-electron chi connectivity index (χ1n) is 6.20. The SMILES string of the molecule is BrCC1CCCN1CC1CCCCC1. The van der Waals surface area contributed by atoms with Crippen LogP contribution in [0.4, 0.5) is 0 Å². The highest BCUT2D eigenvalue weighted by atomic mass is 79.9. The van der Waals surface area contributed by atoms with Crippen LogP contribution in [0.3, 0.4) is 0 Å². The van der Waals surface area contributed by atoms with Crippen LogP contribution in [0.15, 0.2) is 0 Å². The number of halogens is 1. The van der Waals surface area contributed by atoms with Crippen molar-refractivity contribution in [3.8, 4) is 0 Å². The number of rotatable bonds is 3. The number of alkyl halides is 1. The van der Waals surface area contributed by atoms with E-state index >= 15 is 0 Å². The van der Waals surface area contributed by atoms with Crippen molar-refractivity contribution in [2.75, 3.05) is 18.4 Å². The van der Waals surface area contributed by atoms with Crippen molar-refractivity contribution < 1.29 is 0 Å². The molecule has 0 amide bonds. The van der Waals surface area contributed by atoms with Gasteiger partial charge in [0.1, 0.15) is 0 Å². The molecule has 0 aromatic rings. The summed E-state index contributed by atoms with van der Waals surface area (Å²) in [5, 5.41) is 1.18. The van der Waals surface area contributed by atoms with E-state index in [1.165, 1.54) is 63.4 Å². The summed E-state index contributed by atoms with van der Waals surface area (Å²) in [6.07, 6.45) is 10.3. The summed E-state index contributed by atoms with van der Waals surface area (Å²) in [4.78, 5) is 2.73. The Labute approximate surface area is 96.4 Å². The number of nitrogens with zero attached hydrogens (tertiary/aromatic N) is 1. The molecule has 0 N–H and O–H groups in total. The first kappa shape index (κ1) is 10.9. The molecule has 1 nitrogen and oxygen atoms in total. The summed E-state index contributed by atoms with van der Waals surface area (Å²) in [5.74, 6) is 1.02. The van der Waals surface area contributed by atoms with E-state index in [9.17, 15) is 0 Å². The molecule has 1 saturated heterocycles. The molecular weight excluding hydrogens is 238 g/mol. The van der Waals surface area contributed by atoms with Gasteiger partial charge in [0.05, 0.1) is 0 Å². The summed E-state index contributed by atoms with van der Waals surface area (Å²) in [5.41, 5.74) is 0. The third-order valence-electron chi connectivity index (χ3n) is 3.89. The minimum Gasteiger partial charge on any atom is -0.299 e. The van der Waals surface area contributed by atoms with Crippen LogP contribution in [0.25, 0.3) is 0 Å². The van der Waals surface area contributed by atoms with Crippen LogP contribution in [0.1, 0.15) is 44.9 Å². The lowest BCUT2D eigenvalue weighted by molar-refractivity contribution is 0.199. The van der Waals surface area contributed by atoms with E-state index in [0.717, 1.165) is 12.0 Å². The van der Waals surface area contributed by atoms with E-state index in [1.807, 2.05) is 0 Å². The van der Waals surface area contributed by atoms with Gasteiger partial charge in [-0.2, -0.15) is 0 Å². The van der Waals surface area contributed by atoms with Crippen molar-refractivity contribution in [1.82, 2.24) is 4.90 Å². The number of hydrogen-bond acceptors (Lipinski definition) is 1. The second kappa shape index (κ2) is 5.50. The molecule has 2 rings (SSSR count). The average Bonchev–Trinajstić information content (AvgIpc) is 2.67. The van der Waals surface area contributed by atoms with Crippen molar-refractivity contribution in [3.05, 3.63) is 0 Å². The molecule has 1 heterocycles. The minimum absolute atomic E-state index is 0.844. The molecule has 1 unspecified atom stereocenters. The van der Waals surface area contributed by atoms with Crippen molar-refractivity contribution in [1.29, 1.82) is 0 Å². The van der Waals surface area contributed by atoms with Gasteiger partial charge in [0.2, 0.25) is 0 Å². The second-order valence-electron chi connectivity index (χ2n) is 4.95. The lowest BCUT2D eigenvalue weighted by Gasteiger charge is -2.30. The molecular formula is C12H22BrN. The lowest BCUT2D eigenvalue weighted by atomic mass is 9.89. The highest BCUT2D eigenvalue weighted by Crippen LogP contribution is 2.27. The van der Waals surface area contributed by atoms with E-state index in [0.29, 0.717) is 0 Å². The van der Waals surface area contributed by atoms with Gasteiger partial charge in [0.25, 0.3) is 0 Å². The van der Waals surface area contributed by atoms with Crippen molar-refractivity contribution >= 4 is 15.9 Å². The molecule has 2 aliphatic rings. The molecule has 0 spiro atoms. The van der Waals surface area contributed by atoms with Crippen LogP contribution >= 0.6 is 15.9 Å². The summed E-state index contributed by atoms with van der Waals surface area (Å²) >= 11 is 3.64. The Hall–Kier alpha value is 0.440. The molecule has 1 atom stereocenters. The molecule has 0 radical (unpaired) electrons. The maximum Gasteiger partial charge on any atom is 0.0193 e. The number of hydrogen-bond donors (Lipinski definition) is 0. The summed E-state index contributed by atoms with van der Waals surface area (Å²) in [6.45, 7) is 2.74. The van der Waals surface area contributed by atoms with Gasteiger partial charge in [-0.25, -0.2) is 0 Å². The Bertz CT molecular complexity index is 166. The Balaban J connectivity index is 1.77. The molecule has 0 aromatic carbocycles. The van der Waals surface area contributed by atoms with Gasteiger partial charge >= 0.3 is 0 Å². The highest BCUT2D eigenvalue weighted by molar-refractivity contribution is 9.09.